The minimum absolute atomic E-state index is 0.0115. The summed E-state index contributed by atoms with van der Waals surface area (Å²) < 4.78 is 27.0. The zero-order chi connectivity index (χ0) is 19.8. The molecule has 0 spiro atoms. The van der Waals surface area contributed by atoms with Crippen LogP contribution in [0.15, 0.2) is 18.2 Å². The predicted molar refractivity (Wildman–Crippen MR) is 94.9 cm³/mol. The molecule has 1 saturated carbocycles. The summed E-state index contributed by atoms with van der Waals surface area (Å²) in [5.41, 5.74) is 0.460. The van der Waals surface area contributed by atoms with Crippen molar-refractivity contribution in [3.8, 4) is 0 Å². The number of fused-ring (bicyclic) bond motifs is 2. The van der Waals surface area contributed by atoms with Crippen molar-refractivity contribution < 1.29 is 23.2 Å². The summed E-state index contributed by atoms with van der Waals surface area (Å²) >= 11 is 0. The van der Waals surface area contributed by atoms with E-state index >= 15 is 0 Å². The van der Waals surface area contributed by atoms with Crippen LogP contribution in [0.5, 0.6) is 0 Å². The van der Waals surface area contributed by atoms with E-state index in [-0.39, 0.29) is 36.9 Å². The van der Waals surface area contributed by atoms with Crippen LogP contribution in [0.25, 0.3) is 0 Å². The number of piperidine rings is 1. The number of nitrogens with one attached hydrogen (secondary N) is 2. The van der Waals surface area contributed by atoms with Crippen LogP contribution in [-0.4, -0.2) is 59.9 Å². The second-order valence-electron chi connectivity index (χ2n) is 7.76. The van der Waals surface area contributed by atoms with Gasteiger partial charge in [-0.1, -0.05) is 6.07 Å². The quantitative estimate of drug-likeness (QED) is 0.728. The first-order valence-corrected chi connectivity index (χ1v) is 9.44. The fraction of sp³-hybridized carbons (Fsp3) is 0.526. The highest BCUT2D eigenvalue weighted by atomic mass is 19.1. The highest BCUT2D eigenvalue weighted by molar-refractivity contribution is 6.04. The number of hydrogen-bond donors (Lipinski definition) is 2. The standard InChI is InChI=1S/C19H22F2N4O3/c20-14-4-3-11(15(21)5-14)7-24-8-12-1-2-13(9-24)18(12)23-16(26)10-25-17(27)6-22-19(25)28/h3-5,12-13,18H,1-2,6-10H2,(H,22,28)(H,23,26)/t12-,13+,18?. The number of imide groups is 1. The summed E-state index contributed by atoms with van der Waals surface area (Å²) in [6.45, 7) is 1.48. The monoisotopic (exact) mass is 392 g/mol. The lowest BCUT2D eigenvalue weighted by atomic mass is 9.91. The highest BCUT2D eigenvalue weighted by Gasteiger charge is 2.43. The molecule has 2 aliphatic heterocycles. The average Bonchev–Trinajstić information content (AvgIpc) is 3.07. The first-order chi connectivity index (χ1) is 13.4. The largest absolute Gasteiger partial charge is 0.351 e. The Hall–Kier alpha value is -2.55. The van der Waals surface area contributed by atoms with Gasteiger partial charge >= 0.3 is 6.03 Å². The fourth-order valence-electron chi connectivity index (χ4n) is 4.57. The molecule has 2 saturated heterocycles. The number of rotatable bonds is 5. The molecule has 0 radical (unpaired) electrons. The van der Waals surface area contributed by atoms with E-state index in [1.807, 2.05) is 0 Å². The van der Waals surface area contributed by atoms with Crippen molar-refractivity contribution in [1.29, 1.82) is 0 Å². The lowest BCUT2D eigenvalue weighted by molar-refractivity contribution is -0.131. The van der Waals surface area contributed by atoms with Crippen LogP contribution in [0.1, 0.15) is 18.4 Å². The molecule has 4 amide bonds. The van der Waals surface area contributed by atoms with Gasteiger partial charge in [0.2, 0.25) is 5.91 Å². The molecule has 3 aliphatic rings. The van der Waals surface area contributed by atoms with Gasteiger partial charge in [0.25, 0.3) is 5.91 Å². The lowest BCUT2D eigenvalue weighted by Crippen LogP contribution is -2.54. The van der Waals surface area contributed by atoms with Crippen molar-refractivity contribution in [1.82, 2.24) is 20.4 Å². The Balaban J connectivity index is 1.34. The third-order valence-electron chi connectivity index (χ3n) is 5.88. The SMILES string of the molecule is O=C(CN1C(=O)CNC1=O)NC1[C@@H]2CC[C@H]1CN(Cc1ccc(F)cc1F)C2. The van der Waals surface area contributed by atoms with Crippen LogP contribution < -0.4 is 10.6 Å². The van der Waals surface area contributed by atoms with Crippen molar-refractivity contribution in [2.45, 2.75) is 25.4 Å². The van der Waals surface area contributed by atoms with Gasteiger partial charge in [-0.25, -0.2) is 13.6 Å². The van der Waals surface area contributed by atoms with E-state index in [4.69, 9.17) is 0 Å². The molecular weight excluding hydrogens is 370 g/mol. The number of nitrogens with zero attached hydrogens (tertiary/aromatic N) is 2. The summed E-state index contributed by atoms with van der Waals surface area (Å²) in [4.78, 5) is 38.6. The van der Waals surface area contributed by atoms with Crippen molar-refractivity contribution in [2.75, 3.05) is 26.2 Å². The van der Waals surface area contributed by atoms with Crippen LogP contribution in [0.2, 0.25) is 0 Å². The third-order valence-corrected chi connectivity index (χ3v) is 5.88. The van der Waals surface area contributed by atoms with E-state index in [0.29, 0.717) is 25.2 Å². The predicted octanol–water partition coefficient (Wildman–Crippen LogP) is 0.843. The number of urea groups is 1. The van der Waals surface area contributed by atoms with Crippen molar-refractivity contribution in [3.05, 3.63) is 35.4 Å². The zero-order valence-corrected chi connectivity index (χ0v) is 15.3. The average molecular weight is 392 g/mol. The Bertz CT molecular complexity index is 788. The molecule has 1 aliphatic carbocycles. The van der Waals surface area contributed by atoms with Crippen LogP contribution in [0.3, 0.4) is 0 Å². The molecule has 4 rings (SSSR count). The topological polar surface area (TPSA) is 81.8 Å². The molecule has 1 aromatic carbocycles. The summed E-state index contributed by atoms with van der Waals surface area (Å²) in [6.07, 6.45) is 1.92. The van der Waals surface area contributed by atoms with Crippen LogP contribution in [-0.2, 0) is 16.1 Å². The van der Waals surface area contributed by atoms with Crippen LogP contribution in [0.4, 0.5) is 13.6 Å². The number of amides is 4. The van der Waals surface area contributed by atoms with Gasteiger partial charge in [-0.3, -0.25) is 19.4 Å². The number of benzene rings is 1. The first-order valence-electron chi connectivity index (χ1n) is 9.44. The number of hydrogen-bond acceptors (Lipinski definition) is 4. The molecule has 150 valence electrons. The van der Waals surface area contributed by atoms with E-state index in [1.54, 1.807) is 0 Å². The normalized spacial score (nSPS) is 27.2. The zero-order valence-electron chi connectivity index (χ0n) is 15.3. The third kappa shape index (κ3) is 3.71. The van der Waals surface area contributed by atoms with Gasteiger partial charge in [0.15, 0.2) is 0 Å². The number of carbonyl (C=O) groups excluding carboxylic acids is 3. The van der Waals surface area contributed by atoms with E-state index < -0.39 is 23.6 Å². The highest BCUT2D eigenvalue weighted by Crippen LogP contribution is 2.37. The molecule has 2 N–H and O–H groups in total. The molecule has 2 bridgehead atoms. The van der Waals surface area contributed by atoms with E-state index in [1.165, 1.54) is 12.1 Å². The minimum Gasteiger partial charge on any atom is -0.351 e. The van der Waals surface area contributed by atoms with Gasteiger partial charge < -0.3 is 10.6 Å². The van der Waals surface area contributed by atoms with Crippen molar-refractivity contribution in [3.63, 3.8) is 0 Å². The molecule has 28 heavy (non-hydrogen) atoms. The summed E-state index contributed by atoms with van der Waals surface area (Å²) in [7, 11) is 0. The van der Waals surface area contributed by atoms with Gasteiger partial charge in [0, 0.05) is 37.3 Å². The molecule has 1 aromatic rings. The molecule has 2 heterocycles. The van der Waals surface area contributed by atoms with E-state index in [2.05, 4.69) is 15.5 Å². The van der Waals surface area contributed by atoms with E-state index in [0.717, 1.165) is 23.8 Å². The second kappa shape index (κ2) is 7.46. The summed E-state index contributed by atoms with van der Waals surface area (Å²) in [5.74, 6) is -1.42. The Morgan fingerprint density at radius 3 is 2.50 bits per heavy atom. The molecular formula is C19H22F2N4O3. The Labute approximate surface area is 161 Å². The van der Waals surface area contributed by atoms with E-state index in [9.17, 15) is 23.2 Å². The van der Waals surface area contributed by atoms with Crippen molar-refractivity contribution in [2.24, 2.45) is 11.8 Å². The number of carbonyl (C=O) groups is 3. The van der Waals surface area contributed by atoms with Crippen LogP contribution in [0, 0.1) is 23.5 Å². The fourth-order valence-corrected chi connectivity index (χ4v) is 4.57. The maximum absolute atomic E-state index is 13.9. The van der Waals surface area contributed by atoms with Gasteiger partial charge in [0.1, 0.15) is 18.2 Å². The van der Waals surface area contributed by atoms with Gasteiger partial charge in [-0.05, 0) is 30.7 Å². The Morgan fingerprint density at radius 2 is 1.89 bits per heavy atom. The molecule has 7 nitrogen and oxygen atoms in total. The molecule has 1 unspecified atom stereocenters. The first kappa shape index (κ1) is 18.8. The molecule has 3 atom stereocenters. The summed E-state index contributed by atoms with van der Waals surface area (Å²) in [6, 6.07) is 3.07. The molecule has 0 aromatic heterocycles. The second-order valence-corrected chi connectivity index (χ2v) is 7.76. The smallest absolute Gasteiger partial charge is 0.325 e. The maximum Gasteiger partial charge on any atom is 0.325 e. The van der Waals surface area contributed by atoms with Gasteiger partial charge in [0.05, 0.1) is 6.54 Å². The van der Waals surface area contributed by atoms with Crippen molar-refractivity contribution >= 4 is 17.8 Å². The molecule has 9 heteroatoms. The van der Waals surface area contributed by atoms with Gasteiger partial charge in [-0.2, -0.15) is 0 Å². The number of likely N-dealkylation sites (tertiary alicyclic amines) is 1. The Morgan fingerprint density at radius 1 is 1.18 bits per heavy atom. The maximum atomic E-state index is 13.9. The molecule has 3 fully saturated rings. The lowest BCUT2D eigenvalue weighted by Gasteiger charge is -2.38. The summed E-state index contributed by atoms with van der Waals surface area (Å²) in [5, 5.41) is 5.38. The van der Waals surface area contributed by atoms with Crippen LogP contribution >= 0.6 is 0 Å². The Kier molecular flexibility index (Phi) is 5.01. The van der Waals surface area contributed by atoms with Gasteiger partial charge in [-0.15, -0.1) is 0 Å². The number of halogens is 2. The minimum atomic E-state index is -0.590.